The van der Waals surface area contributed by atoms with Crippen molar-refractivity contribution in [1.29, 1.82) is 0 Å². The van der Waals surface area contributed by atoms with Gasteiger partial charge in [-0.3, -0.25) is 9.59 Å². The number of rotatable bonds is 5. The first-order valence-electron chi connectivity index (χ1n) is 10.7. The lowest BCUT2D eigenvalue weighted by Gasteiger charge is -2.10. The van der Waals surface area contributed by atoms with Gasteiger partial charge in [0.2, 0.25) is 5.91 Å². The number of nitrogens with one attached hydrogen (secondary N) is 2. The van der Waals surface area contributed by atoms with Crippen molar-refractivity contribution < 1.29 is 9.59 Å². The molecule has 2 heterocycles. The topological polar surface area (TPSA) is 88.9 Å². The van der Waals surface area contributed by atoms with Crippen LogP contribution in [0.15, 0.2) is 42.5 Å². The van der Waals surface area contributed by atoms with Gasteiger partial charge in [-0.1, -0.05) is 24.6 Å². The van der Waals surface area contributed by atoms with Gasteiger partial charge in [0.15, 0.2) is 5.82 Å². The molecule has 2 amide bonds. The van der Waals surface area contributed by atoms with Crippen LogP contribution in [0.5, 0.6) is 0 Å². The predicted molar refractivity (Wildman–Crippen MR) is 120 cm³/mol. The van der Waals surface area contributed by atoms with Crippen LogP contribution in [0.3, 0.4) is 0 Å². The number of nitrogens with zero attached hydrogens (tertiary/aromatic N) is 3. The van der Waals surface area contributed by atoms with E-state index in [4.69, 9.17) is 0 Å². The summed E-state index contributed by atoms with van der Waals surface area (Å²) in [4.78, 5) is 24.7. The molecule has 160 valence electrons. The third-order valence-corrected chi connectivity index (χ3v) is 5.69. The number of hydrogen-bond donors (Lipinski definition) is 2. The zero-order valence-electron chi connectivity index (χ0n) is 17.9. The van der Waals surface area contributed by atoms with Crippen molar-refractivity contribution in [1.82, 2.24) is 20.1 Å². The number of carbonyl (C=O) groups excluding carboxylic acids is 2. The summed E-state index contributed by atoms with van der Waals surface area (Å²) in [5.41, 5.74) is 4.29. The van der Waals surface area contributed by atoms with Crippen LogP contribution < -0.4 is 10.6 Å². The molecule has 0 fully saturated rings. The number of carbonyl (C=O) groups is 2. The fourth-order valence-corrected chi connectivity index (χ4v) is 3.79. The lowest BCUT2D eigenvalue weighted by molar-refractivity contribution is -0.115. The summed E-state index contributed by atoms with van der Waals surface area (Å²) < 4.78 is 2.18. The van der Waals surface area contributed by atoms with Crippen LogP contribution in [0.1, 0.15) is 46.6 Å². The number of fused-ring (bicyclic) bond motifs is 1. The molecule has 4 rings (SSSR count). The maximum atomic E-state index is 12.4. The van der Waals surface area contributed by atoms with Crippen molar-refractivity contribution in [3.05, 3.63) is 65.0 Å². The Labute approximate surface area is 181 Å². The van der Waals surface area contributed by atoms with Crippen molar-refractivity contribution in [2.75, 3.05) is 11.9 Å². The van der Waals surface area contributed by atoms with E-state index >= 15 is 0 Å². The van der Waals surface area contributed by atoms with E-state index in [1.807, 2.05) is 50.2 Å². The molecule has 7 heteroatoms. The molecular formula is C24H27N5O2. The number of anilines is 1. The number of hydrogen-bond acceptors (Lipinski definition) is 4. The zero-order chi connectivity index (χ0) is 21.8. The lowest BCUT2D eigenvalue weighted by Crippen LogP contribution is -2.32. The molecule has 0 aliphatic carbocycles. The van der Waals surface area contributed by atoms with E-state index < -0.39 is 0 Å². The Balaban J connectivity index is 1.40. The van der Waals surface area contributed by atoms with Gasteiger partial charge in [-0.2, -0.15) is 0 Å². The number of amides is 2. The van der Waals surface area contributed by atoms with E-state index in [2.05, 4.69) is 25.4 Å². The first-order valence-corrected chi connectivity index (χ1v) is 10.7. The SMILES string of the molecule is Cc1ccc(C(=O)NCC(=O)Nc2cccc(-c3nnc4n3CCCCC4)c2)cc1C. The quantitative estimate of drug-likeness (QED) is 0.663. The molecular weight excluding hydrogens is 390 g/mol. The van der Waals surface area contributed by atoms with Gasteiger partial charge < -0.3 is 15.2 Å². The molecule has 0 spiro atoms. The average Bonchev–Trinajstić information content (AvgIpc) is 3.02. The Morgan fingerprint density at radius 1 is 1.00 bits per heavy atom. The van der Waals surface area contributed by atoms with Crippen molar-refractivity contribution in [2.24, 2.45) is 0 Å². The molecule has 31 heavy (non-hydrogen) atoms. The normalized spacial score (nSPS) is 13.2. The highest BCUT2D eigenvalue weighted by Crippen LogP contribution is 2.24. The first-order chi connectivity index (χ1) is 15.0. The van der Waals surface area contributed by atoms with E-state index in [0.29, 0.717) is 11.3 Å². The van der Waals surface area contributed by atoms with Gasteiger partial charge in [0.1, 0.15) is 5.82 Å². The minimum absolute atomic E-state index is 0.101. The van der Waals surface area contributed by atoms with Gasteiger partial charge >= 0.3 is 0 Å². The lowest BCUT2D eigenvalue weighted by atomic mass is 10.1. The molecule has 0 saturated carbocycles. The largest absolute Gasteiger partial charge is 0.343 e. The average molecular weight is 418 g/mol. The van der Waals surface area contributed by atoms with Crippen molar-refractivity contribution in [2.45, 2.75) is 46.1 Å². The summed E-state index contributed by atoms with van der Waals surface area (Å²) in [7, 11) is 0. The standard InChI is InChI=1S/C24H27N5O2/c1-16-10-11-19(13-17(16)2)24(31)25-15-22(30)26-20-8-6-7-18(14-20)23-28-27-21-9-4-3-5-12-29(21)23/h6-8,10-11,13-14H,3-5,9,12,15H2,1-2H3,(H,25,31)(H,26,30). The summed E-state index contributed by atoms with van der Waals surface area (Å²) >= 11 is 0. The fraction of sp³-hybridized carbons (Fsp3) is 0.333. The molecule has 0 unspecified atom stereocenters. The van der Waals surface area contributed by atoms with Crippen molar-refractivity contribution in [3.63, 3.8) is 0 Å². The second kappa shape index (κ2) is 9.12. The van der Waals surface area contributed by atoms with Crippen LogP contribution in [0.4, 0.5) is 5.69 Å². The first kappa shape index (κ1) is 20.8. The maximum Gasteiger partial charge on any atom is 0.251 e. The van der Waals surface area contributed by atoms with Gasteiger partial charge in [-0.25, -0.2) is 0 Å². The van der Waals surface area contributed by atoms with Gasteiger partial charge in [0, 0.05) is 29.8 Å². The third kappa shape index (κ3) is 4.82. The molecule has 7 nitrogen and oxygen atoms in total. The smallest absolute Gasteiger partial charge is 0.251 e. The molecule has 2 aromatic carbocycles. The second-order valence-electron chi connectivity index (χ2n) is 8.01. The summed E-state index contributed by atoms with van der Waals surface area (Å²) in [5.74, 6) is 1.31. The highest BCUT2D eigenvalue weighted by Gasteiger charge is 2.16. The monoisotopic (exact) mass is 417 g/mol. The molecule has 1 aromatic heterocycles. The highest BCUT2D eigenvalue weighted by molar-refractivity contribution is 5.99. The summed E-state index contributed by atoms with van der Waals surface area (Å²) in [5, 5.41) is 14.3. The second-order valence-corrected chi connectivity index (χ2v) is 8.01. The molecule has 0 bridgehead atoms. The van der Waals surface area contributed by atoms with E-state index in [0.717, 1.165) is 54.1 Å². The van der Waals surface area contributed by atoms with Gasteiger partial charge in [-0.05, 0) is 62.1 Å². The Kier molecular flexibility index (Phi) is 6.11. The predicted octanol–water partition coefficient (Wildman–Crippen LogP) is 3.66. The minimum atomic E-state index is -0.283. The van der Waals surface area contributed by atoms with E-state index in [1.54, 1.807) is 6.07 Å². The van der Waals surface area contributed by atoms with E-state index in [-0.39, 0.29) is 18.4 Å². The highest BCUT2D eigenvalue weighted by atomic mass is 16.2. The fourth-order valence-electron chi connectivity index (χ4n) is 3.79. The van der Waals surface area contributed by atoms with Crippen molar-refractivity contribution >= 4 is 17.5 Å². The Hall–Kier alpha value is -3.48. The van der Waals surface area contributed by atoms with Crippen molar-refractivity contribution in [3.8, 4) is 11.4 Å². The number of aromatic nitrogens is 3. The van der Waals surface area contributed by atoms with Crippen LogP contribution >= 0.6 is 0 Å². The Morgan fingerprint density at radius 3 is 2.71 bits per heavy atom. The van der Waals surface area contributed by atoms with E-state index in [9.17, 15) is 9.59 Å². The van der Waals surface area contributed by atoms with E-state index in [1.165, 1.54) is 6.42 Å². The van der Waals surface area contributed by atoms with Gasteiger partial charge in [-0.15, -0.1) is 10.2 Å². The maximum absolute atomic E-state index is 12.4. The Bertz CT molecular complexity index is 1120. The molecule has 1 aliphatic heterocycles. The molecule has 0 atom stereocenters. The number of benzene rings is 2. The summed E-state index contributed by atoms with van der Waals surface area (Å²) in [6.07, 6.45) is 4.41. The molecule has 0 radical (unpaired) electrons. The van der Waals surface area contributed by atoms with Crippen LogP contribution in [0, 0.1) is 13.8 Å². The van der Waals surface area contributed by atoms with Crippen LogP contribution in [0.25, 0.3) is 11.4 Å². The van der Waals surface area contributed by atoms with Gasteiger partial charge in [0.25, 0.3) is 5.91 Å². The number of aryl methyl sites for hydroxylation is 3. The third-order valence-electron chi connectivity index (χ3n) is 5.69. The molecule has 3 aromatic rings. The Morgan fingerprint density at radius 2 is 1.87 bits per heavy atom. The van der Waals surface area contributed by atoms with Crippen LogP contribution in [-0.2, 0) is 17.8 Å². The summed E-state index contributed by atoms with van der Waals surface area (Å²) in [6.45, 7) is 4.77. The molecule has 1 aliphatic rings. The zero-order valence-corrected chi connectivity index (χ0v) is 17.9. The van der Waals surface area contributed by atoms with Crippen LogP contribution in [-0.4, -0.2) is 33.1 Å². The van der Waals surface area contributed by atoms with Gasteiger partial charge in [0.05, 0.1) is 6.54 Å². The summed E-state index contributed by atoms with van der Waals surface area (Å²) in [6, 6.07) is 13.1. The molecule has 0 saturated heterocycles. The molecule has 2 N–H and O–H groups in total. The van der Waals surface area contributed by atoms with Crippen LogP contribution in [0.2, 0.25) is 0 Å². The minimum Gasteiger partial charge on any atom is -0.343 e.